The number of aromatic nitrogens is 1. The summed E-state index contributed by atoms with van der Waals surface area (Å²) in [6, 6.07) is 7.12. The first-order valence-electron chi connectivity index (χ1n) is 6.15. The molecule has 0 aliphatic heterocycles. The van der Waals surface area contributed by atoms with Gasteiger partial charge in [0.15, 0.2) is 0 Å². The lowest BCUT2D eigenvalue weighted by atomic mass is 10.0. The molecule has 21 heavy (non-hydrogen) atoms. The minimum absolute atomic E-state index is 0.412. The number of carboxylic acids is 1. The maximum atomic E-state index is 12.1. The van der Waals surface area contributed by atoms with E-state index in [2.05, 4.69) is 5.92 Å². The number of hydrogen-bond donors (Lipinski definition) is 1. The molecule has 1 atom stereocenters. The van der Waals surface area contributed by atoms with Crippen LogP contribution in [0.2, 0.25) is 5.02 Å². The van der Waals surface area contributed by atoms with Crippen molar-refractivity contribution in [3.8, 4) is 23.5 Å². The minimum Gasteiger partial charge on any atom is -0.480 e. The second-order valence-electron chi connectivity index (χ2n) is 4.51. The standard InChI is InChI=1S/C16H12ClNO3/c1-3-11-4-5-13(17)9-14(11)12-6-7-18(15(19)8-12)10(2)16(20)21/h1,4-10H,2H3,(H,20,21)/t10-/m1/s1. The molecule has 4 nitrogen and oxygen atoms in total. The summed E-state index contributed by atoms with van der Waals surface area (Å²) in [5, 5.41) is 9.47. The number of aliphatic carboxylic acids is 1. The fraction of sp³-hybridized carbons (Fsp3) is 0.125. The largest absolute Gasteiger partial charge is 0.480 e. The lowest BCUT2D eigenvalue weighted by Crippen LogP contribution is -2.26. The Labute approximate surface area is 126 Å². The van der Waals surface area contributed by atoms with E-state index in [9.17, 15) is 9.59 Å². The van der Waals surface area contributed by atoms with E-state index < -0.39 is 17.6 Å². The van der Waals surface area contributed by atoms with Crippen LogP contribution in [0, 0.1) is 12.3 Å². The van der Waals surface area contributed by atoms with E-state index in [1.165, 1.54) is 19.2 Å². The molecule has 2 aromatic rings. The normalized spacial score (nSPS) is 11.7. The molecule has 0 saturated carbocycles. The van der Waals surface area contributed by atoms with E-state index in [1.807, 2.05) is 0 Å². The number of rotatable bonds is 3. The first-order chi connectivity index (χ1) is 9.93. The van der Waals surface area contributed by atoms with Crippen molar-refractivity contribution in [1.29, 1.82) is 0 Å². The first-order valence-corrected chi connectivity index (χ1v) is 6.53. The number of benzene rings is 1. The molecule has 0 aliphatic carbocycles. The molecule has 0 bridgehead atoms. The van der Waals surface area contributed by atoms with Crippen LogP contribution in [0.5, 0.6) is 0 Å². The molecule has 1 aromatic heterocycles. The van der Waals surface area contributed by atoms with Gasteiger partial charge in [-0.1, -0.05) is 17.5 Å². The van der Waals surface area contributed by atoms with Gasteiger partial charge in [-0.2, -0.15) is 0 Å². The van der Waals surface area contributed by atoms with E-state index >= 15 is 0 Å². The predicted octanol–water partition coefficient (Wildman–Crippen LogP) is 2.80. The molecule has 0 unspecified atom stereocenters. The molecule has 1 heterocycles. The molecular weight excluding hydrogens is 290 g/mol. The van der Waals surface area contributed by atoms with Gasteiger partial charge >= 0.3 is 5.97 Å². The van der Waals surface area contributed by atoms with Crippen LogP contribution in [0.1, 0.15) is 18.5 Å². The van der Waals surface area contributed by atoms with Crippen LogP contribution < -0.4 is 5.56 Å². The number of nitrogens with zero attached hydrogens (tertiary/aromatic N) is 1. The SMILES string of the molecule is C#Cc1ccc(Cl)cc1-c1ccn([C@H](C)C(=O)O)c(=O)c1. The van der Waals surface area contributed by atoms with Crippen molar-refractivity contribution in [2.45, 2.75) is 13.0 Å². The second-order valence-corrected chi connectivity index (χ2v) is 4.95. The average Bonchev–Trinajstić information content (AvgIpc) is 2.46. The zero-order chi connectivity index (χ0) is 15.6. The van der Waals surface area contributed by atoms with E-state index in [0.29, 0.717) is 21.7 Å². The number of halogens is 1. The fourth-order valence-corrected chi connectivity index (χ4v) is 2.15. The summed E-state index contributed by atoms with van der Waals surface area (Å²) in [4.78, 5) is 23.0. The summed E-state index contributed by atoms with van der Waals surface area (Å²) in [5.41, 5.74) is 1.47. The highest BCUT2D eigenvalue weighted by Gasteiger charge is 2.15. The Balaban J connectivity index is 2.56. The van der Waals surface area contributed by atoms with Crippen LogP contribution in [0.15, 0.2) is 41.3 Å². The van der Waals surface area contributed by atoms with Gasteiger partial charge in [-0.25, -0.2) is 4.79 Å². The van der Waals surface area contributed by atoms with Crippen LogP contribution in [0.4, 0.5) is 0 Å². The third-order valence-electron chi connectivity index (χ3n) is 3.17. The van der Waals surface area contributed by atoms with Crippen molar-refractivity contribution >= 4 is 17.6 Å². The van der Waals surface area contributed by atoms with Crippen molar-refractivity contribution < 1.29 is 9.90 Å². The Hall–Kier alpha value is -2.51. The number of hydrogen-bond acceptors (Lipinski definition) is 2. The van der Waals surface area contributed by atoms with Crippen LogP contribution >= 0.6 is 11.6 Å². The summed E-state index contributed by atoms with van der Waals surface area (Å²) >= 11 is 5.96. The average molecular weight is 302 g/mol. The summed E-state index contributed by atoms with van der Waals surface area (Å²) in [7, 11) is 0. The number of pyridine rings is 1. The van der Waals surface area contributed by atoms with Gasteiger partial charge in [0.2, 0.25) is 0 Å². The van der Waals surface area contributed by atoms with Crippen molar-refractivity contribution in [3.63, 3.8) is 0 Å². The Morgan fingerprint density at radius 2 is 2.10 bits per heavy atom. The van der Waals surface area contributed by atoms with Crippen molar-refractivity contribution in [2.75, 3.05) is 0 Å². The van der Waals surface area contributed by atoms with E-state index in [4.69, 9.17) is 23.1 Å². The van der Waals surface area contributed by atoms with Crippen LogP contribution in [0.3, 0.4) is 0 Å². The minimum atomic E-state index is -1.07. The maximum absolute atomic E-state index is 12.1. The zero-order valence-electron chi connectivity index (χ0n) is 11.2. The molecule has 2 rings (SSSR count). The molecule has 0 fully saturated rings. The maximum Gasteiger partial charge on any atom is 0.326 e. The van der Waals surface area contributed by atoms with Crippen molar-refractivity contribution in [2.24, 2.45) is 0 Å². The number of carbonyl (C=O) groups is 1. The molecule has 0 amide bonds. The van der Waals surface area contributed by atoms with Gasteiger partial charge in [0.05, 0.1) is 0 Å². The molecule has 5 heteroatoms. The Kier molecular flexibility index (Phi) is 4.15. The van der Waals surface area contributed by atoms with Gasteiger partial charge in [0.25, 0.3) is 5.56 Å². The summed E-state index contributed by atoms with van der Waals surface area (Å²) in [6.07, 6.45) is 6.88. The smallest absolute Gasteiger partial charge is 0.326 e. The third-order valence-corrected chi connectivity index (χ3v) is 3.41. The first kappa shape index (κ1) is 14.9. The monoisotopic (exact) mass is 301 g/mol. The number of terminal acetylenes is 1. The van der Waals surface area contributed by atoms with Gasteiger partial charge in [-0.3, -0.25) is 4.79 Å². The summed E-state index contributed by atoms with van der Waals surface area (Å²) in [5.74, 6) is 1.46. The lowest BCUT2D eigenvalue weighted by Gasteiger charge is -2.12. The molecule has 0 radical (unpaired) electrons. The summed E-state index contributed by atoms with van der Waals surface area (Å²) in [6.45, 7) is 1.44. The zero-order valence-corrected chi connectivity index (χ0v) is 12.0. The summed E-state index contributed by atoms with van der Waals surface area (Å²) < 4.78 is 1.14. The Morgan fingerprint density at radius 1 is 1.38 bits per heavy atom. The van der Waals surface area contributed by atoms with Gasteiger partial charge in [-0.05, 0) is 42.3 Å². The molecule has 106 valence electrons. The van der Waals surface area contributed by atoms with Crippen molar-refractivity contribution in [1.82, 2.24) is 4.57 Å². The topological polar surface area (TPSA) is 59.3 Å². The third kappa shape index (κ3) is 2.99. The van der Waals surface area contributed by atoms with Gasteiger partial charge < -0.3 is 9.67 Å². The van der Waals surface area contributed by atoms with Gasteiger partial charge in [0.1, 0.15) is 6.04 Å². The lowest BCUT2D eigenvalue weighted by molar-refractivity contribution is -0.140. The van der Waals surface area contributed by atoms with Gasteiger partial charge in [-0.15, -0.1) is 6.42 Å². The van der Waals surface area contributed by atoms with Crippen LogP contribution in [-0.2, 0) is 4.79 Å². The molecular formula is C16H12ClNO3. The van der Waals surface area contributed by atoms with Crippen LogP contribution in [0.25, 0.3) is 11.1 Å². The highest BCUT2D eigenvalue weighted by atomic mass is 35.5. The second kappa shape index (κ2) is 5.86. The fourth-order valence-electron chi connectivity index (χ4n) is 1.98. The number of carboxylic acid groups (broad SMARTS) is 1. The Morgan fingerprint density at radius 3 is 2.67 bits per heavy atom. The van der Waals surface area contributed by atoms with Gasteiger partial charge in [0, 0.05) is 22.8 Å². The van der Waals surface area contributed by atoms with Crippen molar-refractivity contribution in [3.05, 3.63) is 57.5 Å². The predicted molar refractivity (Wildman–Crippen MR) is 81.4 cm³/mol. The highest BCUT2D eigenvalue weighted by molar-refractivity contribution is 6.30. The quantitative estimate of drug-likeness (QED) is 0.887. The molecule has 0 saturated heterocycles. The van der Waals surface area contributed by atoms with E-state index in [0.717, 1.165) is 4.57 Å². The van der Waals surface area contributed by atoms with Crippen LogP contribution in [-0.4, -0.2) is 15.6 Å². The Bertz CT molecular complexity index is 802. The molecule has 0 aliphatic rings. The molecule has 0 spiro atoms. The highest BCUT2D eigenvalue weighted by Crippen LogP contribution is 2.25. The molecule has 1 aromatic carbocycles. The molecule has 1 N–H and O–H groups in total. The van der Waals surface area contributed by atoms with E-state index in [-0.39, 0.29) is 0 Å². The van der Waals surface area contributed by atoms with E-state index in [1.54, 1.807) is 24.3 Å².